The Hall–Kier alpha value is -0.120. The van der Waals surface area contributed by atoms with Crippen molar-refractivity contribution in [1.29, 1.82) is 0 Å². The predicted octanol–water partition coefficient (Wildman–Crippen LogP) is -0.488. The number of ether oxygens (including phenoxy) is 1. The monoisotopic (exact) mass is 168 g/mol. The number of carbonyl (C=O) groups excluding carboxylic acids is 2. The fraction of sp³-hybridized carbons (Fsp3) is 0. The summed E-state index contributed by atoms with van der Waals surface area (Å²) in [6, 6.07) is 0. The van der Waals surface area contributed by atoms with E-state index in [9.17, 15) is 9.59 Å². The molecule has 0 spiro atoms. The van der Waals surface area contributed by atoms with E-state index in [0.29, 0.717) is 0 Å². The van der Waals surface area contributed by atoms with Crippen molar-refractivity contribution in [2.45, 2.75) is 0 Å². The molecular weight excluding hydrogens is 160 g/mol. The van der Waals surface area contributed by atoms with Gasteiger partial charge in [0, 0.05) is 12.2 Å². The van der Waals surface area contributed by atoms with Gasteiger partial charge in [-0.15, -0.1) is 0 Å². The van der Waals surface area contributed by atoms with Gasteiger partial charge >= 0.3 is 49.7 Å². The first-order chi connectivity index (χ1) is 4.20. The van der Waals surface area contributed by atoms with Gasteiger partial charge in [0.05, 0.1) is 0 Å². The number of hydrogen-bond acceptors (Lipinski definition) is 3. The zero-order valence-corrected chi connectivity index (χ0v) is 4.79. The van der Waals surface area contributed by atoms with Crippen molar-refractivity contribution in [3.8, 4) is 0 Å². The van der Waals surface area contributed by atoms with Gasteiger partial charge < -0.3 is 4.74 Å². The summed E-state index contributed by atoms with van der Waals surface area (Å²) >= 11 is 0. The van der Waals surface area contributed by atoms with Crippen LogP contribution in [0.1, 0.15) is 0 Å². The van der Waals surface area contributed by atoms with Crippen molar-refractivity contribution in [3.63, 3.8) is 0 Å². The number of carbonyl (C=O) groups is 2. The molecule has 0 saturated carbocycles. The van der Waals surface area contributed by atoms with Crippen molar-refractivity contribution in [2.75, 3.05) is 0 Å². The average molecular weight is 168 g/mol. The van der Waals surface area contributed by atoms with Crippen molar-refractivity contribution in [1.82, 2.24) is 0 Å². The summed E-state index contributed by atoms with van der Waals surface area (Å²) in [6.07, 6.45) is 1.81. The molecule has 0 aromatic heterocycles. The molecular formula is C6H8CaO3. The van der Waals surface area contributed by atoms with Crippen molar-refractivity contribution in [3.05, 3.63) is 25.3 Å². The molecule has 0 aliphatic rings. The maximum absolute atomic E-state index is 10.2. The van der Waals surface area contributed by atoms with Crippen LogP contribution in [-0.2, 0) is 14.3 Å². The average Bonchev–Trinajstić information content (AvgIpc) is 1.87. The number of hydrogen-bond donors (Lipinski definition) is 0. The van der Waals surface area contributed by atoms with Gasteiger partial charge in [0.25, 0.3) is 0 Å². The van der Waals surface area contributed by atoms with Gasteiger partial charge in [-0.25, -0.2) is 9.59 Å². The molecule has 0 rings (SSSR count). The molecule has 0 aliphatic heterocycles. The summed E-state index contributed by atoms with van der Waals surface area (Å²) in [6.45, 7) is 6.17. The Morgan fingerprint density at radius 2 is 1.40 bits per heavy atom. The van der Waals surface area contributed by atoms with Crippen LogP contribution < -0.4 is 0 Å². The minimum atomic E-state index is -0.764. The third-order valence-corrected chi connectivity index (χ3v) is 0.535. The van der Waals surface area contributed by atoms with E-state index in [2.05, 4.69) is 17.9 Å². The Balaban J connectivity index is 0. The molecule has 0 saturated heterocycles. The predicted molar refractivity (Wildman–Crippen MR) is 40.0 cm³/mol. The van der Waals surface area contributed by atoms with Crippen LogP contribution in [0.25, 0.3) is 0 Å². The molecule has 4 heteroatoms. The molecule has 0 bridgehead atoms. The van der Waals surface area contributed by atoms with E-state index < -0.39 is 11.9 Å². The van der Waals surface area contributed by atoms with E-state index in [4.69, 9.17) is 0 Å². The molecule has 0 radical (unpaired) electrons. The first-order valence-electron chi connectivity index (χ1n) is 2.21. The molecule has 3 nitrogen and oxygen atoms in total. The van der Waals surface area contributed by atoms with Gasteiger partial charge in [-0.05, 0) is 0 Å². The van der Waals surface area contributed by atoms with E-state index in [1.807, 2.05) is 0 Å². The van der Waals surface area contributed by atoms with Crippen LogP contribution in [0.4, 0.5) is 0 Å². The molecule has 0 aliphatic carbocycles. The topological polar surface area (TPSA) is 43.4 Å². The Morgan fingerprint density at radius 3 is 1.60 bits per heavy atom. The van der Waals surface area contributed by atoms with Crippen LogP contribution in [0, 0.1) is 0 Å². The van der Waals surface area contributed by atoms with Crippen LogP contribution in [0.15, 0.2) is 25.3 Å². The Labute approximate surface area is 88.7 Å². The molecule has 0 atom stereocenters. The van der Waals surface area contributed by atoms with Crippen molar-refractivity contribution >= 4 is 49.7 Å². The summed E-state index contributed by atoms with van der Waals surface area (Å²) in [4.78, 5) is 20.3. The Kier molecular flexibility index (Phi) is 8.77. The summed E-state index contributed by atoms with van der Waals surface area (Å²) in [7, 11) is 0. The van der Waals surface area contributed by atoms with Gasteiger partial charge in [0.2, 0.25) is 0 Å². The van der Waals surface area contributed by atoms with E-state index in [1.165, 1.54) is 0 Å². The standard InChI is InChI=1S/C6H6O3.Ca.2H/c1-3-5(7)9-6(8)4-2;;;/h3-4H,1-2H2;;;. The summed E-state index contributed by atoms with van der Waals surface area (Å²) in [5.41, 5.74) is 0. The molecule has 0 fully saturated rings. The molecule has 10 heavy (non-hydrogen) atoms. The van der Waals surface area contributed by atoms with Crippen molar-refractivity contribution in [2.24, 2.45) is 0 Å². The molecule has 0 unspecified atom stereocenters. The maximum atomic E-state index is 10.2. The van der Waals surface area contributed by atoms with Crippen molar-refractivity contribution < 1.29 is 14.3 Å². The summed E-state index contributed by atoms with van der Waals surface area (Å²) in [5.74, 6) is -1.53. The van der Waals surface area contributed by atoms with E-state index in [-0.39, 0.29) is 37.7 Å². The number of rotatable bonds is 2. The quantitative estimate of drug-likeness (QED) is 0.242. The SMILES string of the molecule is C=CC(=O)OC(=O)C=C.[CaH2]. The second-order valence-electron chi connectivity index (χ2n) is 1.15. The van der Waals surface area contributed by atoms with Gasteiger partial charge in [-0.3, -0.25) is 0 Å². The van der Waals surface area contributed by atoms with Crippen LogP contribution in [0.2, 0.25) is 0 Å². The molecule has 52 valence electrons. The third-order valence-electron chi connectivity index (χ3n) is 0.535. The molecule has 0 N–H and O–H groups in total. The zero-order chi connectivity index (χ0) is 7.28. The second-order valence-corrected chi connectivity index (χ2v) is 1.15. The van der Waals surface area contributed by atoms with Gasteiger partial charge in [-0.1, -0.05) is 13.2 Å². The Bertz CT molecular complexity index is 144. The van der Waals surface area contributed by atoms with E-state index in [1.54, 1.807) is 0 Å². The molecule has 0 aromatic carbocycles. The van der Waals surface area contributed by atoms with E-state index in [0.717, 1.165) is 12.2 Å². The Morgan fingerprint density at radius 1 is 1.10 bits per heavy atom. The summed E-state index contributed by atoms with van der Waals surface area (Å²) in [5, 5.41) is 0. The summed E-state index contributed by atoms with van der Waals surface area (Å²) < 4.78 is 4.03. The zero-order valence-electron chi connectivity index (χ0n) is 4.79. The van der Waals surface area contributed by atoms with Gasteiger partial charge in [0.1, 0.15) is 0 Å². The first kappa shape index (κ1) is 12.5. The van der Waals surface area contributed by atoms with Crippen LogP contribution in [0.3, 0.4) is 0 Å². The van der Waals surface area contributed by atoms with Gasteiger partial charge in [-0.2, -0.15) is 0 Å². The van der Waals surface area contributed by atoms with Gasteiger partial charge in [0.15, 0.2) is 0 Å². The molecule has 0 amide bonds. The van der Waals surface area contributed by atoms with E-state index >= 15 is 0 Å². The van der Waals surface area contributed by atoms with Crippen LogP contribution >= 0.6 is 0 Å². The normalized spacial score (nSPS) is 6.80. The minimum absolute atomic E-state index is 0. The van der Waals surface area contributed by atoms with Crippen LogP contribution in [0.5, 0.6) is 0 Å². The van der Waals surface area contributed by atoms with Crippen LogP contribution in [-0.4, -0.2) is 49.7 Å². The molecule has 0 aromatic rings. The first-order valence-corrected chi connectivity index (χ1v) is 2.21. The molecule has 0 heterocycles. The number of esters is 2. The fourth-order valence-corrected chi connectivity index (χ4v) is 0.182. The third kappa shape index (κ3) is 6.01. The second kappa shape index (κ2) is 6.99. The fourth-order valence-electron chi connectivity index (χ4n) is 0.182.